The molecule has 1 aromatic rings. The fraction of sp³-hybridized carbons (Fsp3) is 0.500. The number of nitrogens with two attached hydrogens (primary N) is 1. The van der Waals surface area contributed by atoms with Gasteiger partial charge in [0, 0.05) is 0 Å². The molecule has 1 aromatic heterocycles. The van der Waals surface area contributed by atoms with Gasteiger partial charge in [0.25, 0.3) is 0 Å². The van der Waals surface area contributed by atoms with E-state index in [1.807, 2.05) is 0 Å². The molecule has 10 heteroatoms. The molecule has 0 radical (unpaired) electrons. The maximum Gasteiger partial charge on any atom is 0.333 e. The van der Waals surface area contributed by atoms with E-state index in [4.69, 9.17) is 23.2 Å². The number of halogens is 2. The first kappa shape index (κ1) is 14.1. The zero-order chi connectivity index (χ0) is 12.5. The molecular weight excluding hydrogens is 299 g/mol. The number of thiazole rings is 1. The minimum absolute atomic E-state index is 0.00682. The predicted molar refractivity (Wildman–Crippen MR) is 60.7 cm³/mol. The van der Waals surface area contributed by atoms with Crippen LogP contribution in [0.5, 0.6) is 0 Å². The molecule has 0 amide bonds. The third-order valence-electron chi connectivity index (χ3n) is 1.58. The Morgan fingerprint density at radius 3 is 2.50 bits per heavy atom. The van der Waals surface area contributed by atoms with E-state index in [1.54, 1.807) is 0 Å². The van der Waals surface area contributed by atoms with E-state index < -0.39 is 22.5 Å². The molecule has 2 atom stereocenters. The number of aliphatic hydroxyl groups excluding tert-OH is 1. The lowest BCUT2D eigenvalue weighted by Gasteiger charge is -2.16. The van der Waals surface area contributed by atoms with E-state index in [9.17, 15) is 13.5 Å². The lowest BCUT2D eigenvalue weighted by Crippen LogP contribution is -2.26. The molecule has 0 aliphatic carbocycles. The Morgan fingerprint density at radius 1 is 1.56 bits per heavy atom. The number of nitrogens with zero attached hydrogens (tertiary/aromatic N) is 1. The van der Waals surface area contributed by atoms with E-state index >= 15 is 0 Å². The first-order chi connectivity index (χ1) is 7.20. The second kappa shape index (κ2) is 5.13. The molecule has 0 aliphatic heterocycles. The quantitative estimate of drug-likeness (QED) is 0.867. The van der Waals surface area contributed by atoms with Crippen molar-refractivity contribution in [2.75, 3.05) is 0 Å². The predicted octanol–water partition coefficient (Wildman–Crippen LogP) is 1.09. The molecule has 3 N–H and O–H groups in total. The van der Waals surface area contributed by atoms with Gasteiger partial charge in [0.2, 0.25) is 0 Å². The summed E-state index contributed by atoms with van der Waals surface area (Å²) >= 11 is 12.2. The van der Waals surface area contributed by atoms with Crippen LogP contribution in [0.2, 0.25) is 9.62 Å². The summed E-state index contributed by atoms with van der Waals surface area (Å²) in [7, 11) is -4.13. The average Bonchev–Trinajstić information content (AvgIpc) is 2.41. The Hall–Kier alpha value is 0.0400. The molecule has 0 aliphatic rings. The molecule has 16 heavy (non-hydrogen) atoms. The number of rotatable bonds is 4. The summed E-state index contributed by atoms with van der Waals surface area (Å²) in [5, 5.41) is 14.4. The van der Waals surface area contributed by atoms with Crippen molar-refractivity contribution in [3.05, 3.63) is 14.5 Å². The number of aromatic nitrogens is 1. The van der Waals surface area contributed by atoms with Gasteiger partial charge in [0.15, 0.2) is 4.47 Å². The molecule has 2 unspecified atom stereocenters. The topological polar surface area (TPSA) is 103 Å². The third-order valence-corrected chi connectivity index (χ3v) is 3.79. The third kappa shape index (κ3) is 3.81. The van der Waals surface area contributed by atoms with Crippen molar-refractivity contribution >= 4 is 44.8 Å². The number of hydrogen-bond donors (Lipinski definition) is 2. The van der Waals surface area contributed by atoms with Gasteiger partial charge in [0.05, 0.1) is 4.88 Å². The second-order valence-electron chi connectivity index (χ2n) is 2.86. The first-order valence-corrected chi connectivity index (χ1v) is 6.96. The van der Waals surface area contributed by atoms with Gasteiger partial charge in [-0.15, -0.1) is 11.3 Å². The normalized spacial score (nSPS) is 16.1. The summed E-state index contributed by atoms with van der Waals surface area (Å²) in [5.74, 6) is 0. The Kier molecular flexibility index (Phi) is 4.52. The van der Waals surface area contributed by atoms with E-state index in [2.05, 4.69) is 14.3 Å². The minimum Gasteiger partial charge on any atom is -0.385 e. The van der Waals surface area contributed by atoms with Gasteiger partial charge in [-0.2, -0.15) is 8.42 Å². The molecule has 0 saturated carbocycles. The molecule has 0 fully saturated rings. The van der Waals surface area contributed by atoms with Crippen molar-refractivity contribution in [2.24, 2.45) is 5.14 Å². The van der Waals surface area contributed by atoms with Gasteiger partial charge in [-0.3, -0.25) is 4.18 Å². The molecular formula is C6H8Cl2N2O4S2. The number of aliphatic hydroxyl groups is 1. The van der Waals surface area contributed by atoms with Gasteiger partial charge in [0.1, 0.15) is 17.4 Å². The van der Waals surface area contributed by atoms with E-state index in [0.29, 0.717) is 0 Å². The smallest absolute Gasteiger partial charge is 0.333 e. The molecule has 1 rings (SSSR count). The van der Waals surface area contributed by atoms with Crippen LogP contribution >= 0.6 is 34.5 Å². The molecule has 0 saturated heterocycles. The lowest BCUT2D eigenvalue weighted by molar-refractivity contribution is 0.0532. The van der Waals surface area contributed by atoms with Crippen LogP contribution in [-0.2, 0) is 14.5 Å². The van der Waals surface area contributed by atoms with Crippen LogP contribution < -0.4 is 5.14 Å². The highest BCUT2D eigenvalue weighted by atomic mass is 35.5. The highest BCUT2D eigenvalue weighted by Crippen LogP contribution is 2.34. The summed E-state index contributed by atoms with van der Waals surface area (Å²) in [6.45, 7) is 1.33. The lowest BCUT2D eigenvalue weighted by atomic mass is 10.2. The van der Waals surface area contributed by atoms with E-state index in [-0.39, 0.29) is 14.5 Å². The van der Waals surface area contributed by atoms with Crippen LogP contribution in [0.3, 0.4) is 0 Å². The van der Waals surface area contributed by atoms with E-state index in [0.717, 1.165) is 11.3 Å². The Labute approximate surface area is 106 Å². The molecule has 1 heterocycles. The van der Waals surface area contributed by atoms with Gasteiger partial charge < -0.3 is 5.11 Å². The van der Waals surface area contributed by atoms with Crippen molar-refractivity contribution in [1.82, 2.24) is 4.98 Å². The first-order valence-electron chi connectivity index (χ1n) is 3.91. The van der Waals surface area contributed by atoms with Crippen LogP contribution in [-0.4, -0.2) is 24.6 Å². The highest BCUT2D eigenvalue weighted by molar-refractivity contribution is 7.84. The zero-order valence-corrected chi connectivity index (χ0v) is 11.1. The maximum atomic E-state index is 10.6. The molecule has 6 nitrogen and oxygen atoms in total. The standard InChI is InChI=1S/C6H8Cl2N2O4S2/c1-2(14-16(9,12)13)3(11)4-5(7)10-6(8)15-4/h2-3,11H,1H3,(H2,9,12,13). The van der Waals surface area contributed by atoms with Crippen LogP contribution in [0.1, 0.15) is 17.9 Å². The summed E-state index contributed by atoms with van der Waals surface area (Å²) < 4.78 is 25.8. The summed E-state index contributed by atoms with van der Waals surface area (Å²) in [4.78, 5) is 3.89. The van der Waals surface area contributed by atoms with Crippen molar-refractivity contribution < 1.29 is 17.7 Å². The summed E-state index contributed by atoms with van der Waals surface area (Å²) in [6.07, 6.45) is -2.35. The minimum atomic E-state index is -4.13. The van der Waals surface area contributed by atoms with Crippen LogP contribution in [0.15, 0.2) is 0 Å². The Morgan fingerprint density at radius 2 is 2.12 bits per heavy atom. The van der Waals surface area contributed by atoms with Crippen molar-refractivity contribution in [3.63, 3.8) is 0 Å². The van der Waals surface area contributed by atoms with E-state index in [1.165, 1.54) is 6.92 Å². The molecule has 0 bridgehead atoms. The van der Waals surface area contributed by atoms with Crippen molar-refractivity contribution in [1.29, 1.82) is 0 Å². The van der Waals surface area contributed by atoms with Gasteiger partial charge in [-0.05, 0) is 6.92 Å². The van der Waals surface area contributed by atoms with Gasteiger partial charge >= 0.3 is 10.3 Å². The van der Waals surface area contributed by atoms with Crippen LogP contribution in [0.25, 0.3) is 0 Å². The van der Waals surface area contributed by atoms with Gasteiger partial charge in [-0.25, -0.2) is 10.1 Å². The highest BCUT2D eigenvalue weighted by Gasteiger charge is 2.26. The fourth-order valence-corrected chi connectivity index (χ4v) is 2.98. The SMILES string of the molecule is CC(OS(N)(=O)=O)C(O)c1sc(Cl)nc1Cl. The Bertz CT molecular complexity index is 475. The average molecular weight is 307 g/mol. The summed E-state index contributed by atoms with van der Waals surface area (Å²) in [5.41, 5.74) is 0. The second-order valence-corrected chi connectivity index (χ2v) is 6.01. The molecule has 0 spiro atoms. The van der Waals surface area contributed by atoms with Crippen molar-refractivity contribution in [3.8, 4) is 0 Å². The largest absolute Gasteiger partial charge is 0.385 e. The van der Waals surface area contributed by atoms with Gasteiger partial charge in [-0.1, -0.05) is 23.2 Å². The number of hydrogen-bond acceptors (Lipinski definition) is 6. The summed E-state index contributed by atoms with van der Waals surface area (Å²) in [6, 6.07) is 0. The Balaban J connectivity index is 2.86. The fourth-order valence-electron chi connectivity index (χ4n) is 0.948. The van der Waals surface area contributed by atoms with Crippen LogP contribution in [0.4, 0.5) is 0 Å². The maximum absolute atomic E-state index is 10.6. The molecule has 0 aromatic carbocycles. The molecule has 92 valence electrons. The monoisotopic (exact) mass is 306 g/mol. The zero-order valence-electron chi connectivity index (χ0n) is 7.92. The van der Waals surface area contributed by atoms with Crippen molar-refractivity contribution in [2.45, 2.75) is 19.1 Å². The van der Waals surface area contributed by atoms with Crippen LogP contribution in [0, 0.1) is 0 Å².